The molecule has 2 atom stereocenters. The Bertz CT molecular complexity index is 404. The molecule has 23 heavy (non-hydrogen) atoms. The van der Waals surface area contributed by atoms with Crippen LogP contribution >= 0.6 is 0 Å². The highest BCUT2D eigenvalue weighted by Crippen LogP contribution is 2.19. The highest BCUT2D eigenvalue weighted by atomic mass is 16.6. The number of carboxylic acids is 1. The first kappa shape index (κ1) is 21.2. The minimum atomic E-state index is -0.911. The number of carboxylic acid groups (broad SMARTS) is 1. The zero-order valence-electron chi connectivity index (χ0n) is 14.8. The molecule has 0 saturated heterocycles. The molecule has 0 aliphatic rings. The number of hydrogen-bond acceptors (Lipinski definition) is 4. The van der Waals surface area contributed by atoms with Gasteiger partial charge in [-0.05, 0) is 33.6 Å². The van der Waals surface area contributed by atoms with Crippen LogP contribution in [-0.4, -0.2) is 35.3 Å². The van der Waals surface area contributed by atoms with Gasteiger partial charge < -0.3 is 20.5 Å². The second kappa shape index (κ2) is 10.1. The van der Waals surface area contributed by atoms with Gasteiger partial charge in [0, 0.05) is 5.92 Å². The number of hydrogen-bond donors (Lipinski definition) is 3. The predicted molar refractivity (Wildman–Crippen MR) is 86.8 cm³/mol. The number of carbonyl (C=O) groups is 3. The third kappa shape index (κ3) is 10.5. The Kier molecular flexibility index (Phi) is 9.29. The minimum absolute atomic E-state index is 0.0438. The number of amides is 2. The van der Waals surface area contributed by atoms with Crippen LogP contribution in [0.1, 0.15) is 60.3 Å². The van der Waals surface area contributed by atoms with Crippen LogP contribution in [0.4, 0.5) is 4.79 Å². The Balaban J connectivity index is 4.37. The van der Waals surface area contributed by atoms with E-state index in [0.717, 1.165) is 12.8 Å². The van der Waals surface area contributed by atoms with Gasteiger partial charge in [-0.2, -0.15) is 0 Å². The van der Waals surface area contributed by atoms with Gasteiger partial charge in [-0.15, -0.1) is 0 Å². The maximum Gasteiger partial charge on any atom is 0.409 e. The molecule has 0 radical (unpaired) electrons. The van der Waals surface area contributed by atoms with Crippen LogP contribution in [0.2, 0.25) is 0 Å². The van der Waals surface area contributed by atoms with E-state index < -0.39 is 23.6 Å². The summed E-state index contributed by atoms with van der Waals surface area (Å²) < 4.78 is 5.06. The van der Waals surface area contributed by atoms with Crippen molar-refractivity contribution in [1.82, 2.24) is 10.6 Å². The Morgan fingerprint density at radius 3 is 2.26 bits per heavy atom. The lowest BCUT2D eigenvalue weighted by Crippen LogP contribution is -2.42. The Labute approximate surface area is 138 Å². The van der Waals surface area contributed by atoms with E-state index in [2.05, 4.69) is 10.6 Å². The molecule has 0 aliphatic heterocycles. The molecule has 0 aromatic carbocycles. The fourth-order valence-corrected chi connectivity index (χ4v) is 2.00. The van der Waals surface area contributed by atoms with Gasteiger partial charge in [0.05, 0.1) is 12.6 Å². The first-order valence-corrected chi connectivity index (χ1v) is 8.04. The topological polar surface area (TPSA) is 105 Å². The van der Waals surface area contributed by atoms with Crippen molar-refractivity contribution >= 4 is 18.0 Å². The fraction of sp³-hybridized carbons (Fsp3) is 0.812. The number of aliphatic carboxylic acids is 1. The summed E-state index contributed by atoms with van der Waals surface area (Å²) in [4.78, 5) is 34.6. The summed E-state index contributed by atoms with van der Waals surface area (Å²) in [6.45, 7) is 8.81. The lowest BCUT2D eigenvalue weighted by molar-refractivity contribution is -0.142. The molecule has 2 amide bonds. The molecular weight excluding hydrogens is 300 g/mol. The molecule has 0 aliphatic carbocycles. The van der Waals surface area contributed by atoms with Crippen molar-refractivity contribution in [2.45, 2.75) is 65.9 Å². The smallest absolute Gasteiger partial charge is 0.409 e. The van der Waals surface area contributed by atoms with Crippen molar-refractivity contribution in [3.05, 3.63) is 0 Å². The molecule has 0 saturated carbocycles. The van der Waals surface area contributed by atoms with Crippen molar-refractivity contribution < 1.29 is 24.2 Å². The lowest BCUT2D eigenvalue weighted by atomic mass is 9.91. The first-order chi connectivity index (χ1) is 10.6. The second-order valence-corrected chi connectivity index (χ2v) is 6.71. The van der Waals surface area contributed by atoms with Crippen LogP contribution in [-0.2, 0) is 14.3 Å². The van der Waals surface area contributed by atoms with Crippen molar-refractivity contribution in [3.63, 3.8) is 0 Å². The normalized spacial score (nSPS) is 13.8. The number of carbonyl (C=O) groups excluding carboxylic acids is 2. The maximum atomic E-state index is 12.2. The number of alkyl carbamates (subject to hydrolysis) is 1. The lowest BCUT2D eigenvalue weighted by Gasteiger charge is -2.21. The van der Waals surface area contributed by atoms with Gasteiger partial charge in [0.2, 0.25) is 5.91 Å². The molecule has 0 spiro atoms. The highest BCUT2D eigenvalue weighted by Gasteiger charge is 2.24. The number of unbranched alkanes of at least 4 members (excludes halogenated alkanes) is 1. The molecular formula is C16H30N2O5. The van der Waals surface area contributed by atoms with Crippen LogP contribution in [0.15, 0.2) is 0 Å². The van der Waals surface area contributed by atoms with Crippen LogP contribution in [0.25, 0.3) is 0 Å². The van der Waals surface area contributed by atoms with E-state index in [1.54, 1.807) is 27.7 Å². The van der Waals surface area contributed by atoms with Crippen molar-refractivity contribution in [1.29, 1.82) is 0 Å². The molecule has 7 nitrogen and oxygen atoms in total. The van der Waals surface area contributed by atoms with Gasteiger partial charge in [0.25, 0.3) is 0 Å². The monoisotopic (exact) mass is 330 g/mol. The molecule has 2 unspecified atom stereocenters. The zero-order chi connectivity index (χ0) is 18.0. The van der Waals surface area contributed by atoms with Crippen LogP contribution in [0, 0.1) is 11.8 Å². The van der Waals surface area contributed by atoms with E-state index in [9.17, 15) is 14.4 Å². The molecule has 0 bridgehead atoms. The van der Waals surface area contributed by atoms with Gasteiger partial charge in [-0.3, -0.25) is 9.59 Å². The fourth-order valence-electron chi connectivity index (χ4n) is 2.00. The van der Waals surface area contributed by atoms with Crippen molar-refractivity contribution in [2.75, 3.05) is 6.67 Å². The van der Waals surface area contributed by atoms with E-state index in [-0.39, 0.29) is 24.9 Å². The molecule has 0 fully saturated rings. The summed E-state index contributed by atoms with van der Waals surface area (Å²) in [6, 6.07) is 0. The van der Waals surface area contributed by atoms with Crippen LogP contribution < -0.4 is 10.6 Å². The van der Waals surface area contributed by atoms with E-state index in [4.69, 9.17) is 9.84 Å². The molecule has 0 rings (SSSR count). The average Bonchev–Trinajstić information content (AvgIpc) is 2.40. The van der Waals surface area contributed by atoms with Crippen molar-refractivity contribution in [3.8, 4) is 0 Å². The summed E-state index contributed by atoms with van der Waals surface area (Å²) in [5, 5.41) is 14.0. The summed E-state index contributed by atoms with van der Waals surface area (Å²) in [7, 11) is 0. The van der Waals surface area contributed by atoms with Gasteiger partial charge in [0.1, 0.15) is 5.60 Å². The average molecular weight is 330 g/mol. The van der Waals surface area contributed by atoms with E-state index in [1.807, 2.05) is 6.92 Å². The molecule has 3 N–H and O–H groups in total. The summed E-state index contributed by atoms with van der Waals surface area (Å²) >= 11 is 0. The van der Waals surface area contributed by atoms with E-state index in [0.29, 0.717) is 6.42 Å². The van der Waals surface area contributed by atoms with E-state index in [1.165, 1.54) is 0 Å². The SMILES string of the molecule is CCCCC(CC(C)C(=O)O)C(=O)NCNC(=O)OC(C)(C)C. The summed E-state index contributed by atoms with van der Waals surface area (Å²) in [5.74, 6) is -2.11. The van der Waals surface area contributed by atoms with Gasteiger partial charge in [0.15, 0.2) is 0 Å². The second-order valence-electron chi connectivity index (χ2n) is 6.71. The molecule has 0 aromatic heterocycles. The Morgan fingerprint density at radius 1 is 1.17 bits per heavy atom. The third-order valence-electron chi connectivity index (χ3n) is 3.23. The van der Waals surface area contributed by atoms with Crippen LogP contribution in [0.5, 0.6) is 0 Å². The molecule has 0 aromatic rings. The first-order valence-electron chi connectivity index (χ1n) is 8.04. The summed E-state index contributed by atoms with van der Waals surface area (Å²) in [5.41, 5.74) is -0.603. The summed E-state index contributed by atoms with van der Waals surface area (Å²) in [6.07, 6.45) is 2.09. The largest absolute Gasteiger partial charge is 0.481 e. The molecule has 7 heteroatoms. The van der Waals surface area contributed by atoms with E-state index >= 15 is 0 Å². The molecule has 134 valence electrons. The minimum Gasteiger partial charge on any atom is -0.481 e. The number of rotatable bonds is 9. The maximum absolute atomic E-state index is 12.2. The quantitative estimate of drug-likeness (QED) is 0.563. The highest BCUT2D eigenvalue weighted by molar-refractivity contribution is 5.80. The van der Waals surface area contributed by atoms with Crippen molar-refractivity contribution in [2.24, 2.45) is 11.8 Å². The standard InChI is InChI=1S/C16H30N2O5/c1-6-7-8-12(9-11(2)14(20)21)13(19)17-10-18-15(22)23-16(3,4)5/h11-12H,6-10H2,1-5H3,(H,17,19)(H,18,22)(H,20,21). The van der Waals surface area contributed by atoms with Gasteiger partial charge in [-0.25, -0.2) is 4.79 Å². The van der Waals surface area contributed by atoms with Crippen LogP contribution in [0.3, 0.4) is 0 Å². The van der Waals surface area contributed by atoms with Gasteiger partial charge in [-0.1, -0.05) is 26.7 Å². The Hall–Kier alpha value is -1.79. The molecule has 0 heterocycles. The zero-order valence-corrected chi connectivity index (χ0v) is 14.8. The van der Waals surface area contributed by atoms with Gasteiger partial charge >= 0.3 is 12.1 Å². The third-order valence-corrected chi connectivity index (χ3v) is 3.23. The Morgan fingerprint density at radius 2 is 1.78 bits per heavy atom. The number of nitrogens with one attached hydrogen (secondary N) is 2. The number of ether oxygens (including phenoxy) is 1. The predicted octanol–water partition coefficient (Wildman–Crippen LogP) is 2.50.